The summed E-state index contributed by atoms with van der Waals surface area (Å²) in [6.45, 7) is 3.08. The third kappa shape index (κ3) is 4.16. The Labute approximate surface area is 179 Å². The molecule has 1 fully saturated rings. The lowest BCUT2D eigenvalue weighted by atomic mass is 9.97. The number of anilines is 1. The first-order valence-corrected chi connectivity index (χ1v) is 11.9. The predicted octanol–water partition coefficient (Wildman–Crippen LogP) is 3.13. The first-order chi connectivity index (χ1) is 14.5. The Balaban J connectivity index is 1.39. The molecule has 0 spiro atoms. The fraction of sp³-hybridized carbons (Fsp3) is 0.350. The van der Waals surface area contributed by atoms with Crippen molar-refractivity contribution in [1.29, 1.82) is 0 Å². The summed E-state index contributed by atoms with van der Waals surface area (Å²) >= 11 is 0.995. The van der Waals surface area contributed by atoms with Gasteiger partial charge in [0.05, 0.1) is 18.3 Å². The quantitative estimate of drug-likeness (QED) is 0.624. The van der Waals surface area contributed by atoms with E-state index in [1.165, 1.54) is 4.31 Å². The highest BCUT2D eigenvalue weighted by Gasteiger charge is 2.33. The number of sulfonamides is 1. The van der Waals surface area contributed by atoms with Gasteiger partial charge >= 0.3 is 0 Å². The zero-order valence-electron chi connectivity index (χ0n) is 16.4. The molecule has 1 N–H and O–H groups in total. The molecule has 0 radical (unpaired) electrons. The second kappa shape index (κ2) is 8.66. The largest absolute Gasteiger partial charge is 0.494 e. The molecule has 1 amide bonds. The Morgan fingerprint density at radius 2 is 1.90 bits per heavy atom. The molecule has 1 aliphatic heterocycles. The van der Waals surface area contributed by atoms with Crippen LogP contribution in [0.3, 0.4) is 0 Å². The number of nitrogens with one attached hydrogen (secondary N) is 1. The van der Waals surface area contributed by atoms with Crippen molar-refractivity contribution in [2.75, 3.05) is 25.0 Å². The third-order valence-corrected chi connectivity index (χ3v) is 7.60. The number of carbonyl (C=O) groups excluding carboxylic acids is 1. The van der Waals surface area contributed by atoms with Crippen LogP contribution >= 0.6 is 11.7 Å². The Hall–Kier alpha value is -2.56. The van der Waals surface area contributed by atoms with Gasteiger partial charge < -0.3 is 10.1 Å². The van der Waals surface area contributed by atoms with Gasteiger partial charge in [-0.25, -0.2) is 8.42 Å². The molecule has 0 bridgehead atoms. The third-order valence-electron chi connectivity index (χ3n) is 5.12. The van der Waals surface area contributed by atoms with E-state index in [1.54, 1.807) is 30.3 Å². The number of amides is 1. The SMILES string of the molecule is CCOc1ccc(NC(=O)C2CCN(S(=O)(=O)c3cccc4nsnc34)CC2)cc1. The van der Waals surface area contributed by atoms with Crippen LogP contribution in [0.1, 0.15) is 19.8 Å². The number of ether oxygens (including phenoxy) is 1. The fourth-order valence-electron chi connectivity index (χ4n) is 3.53. The van der Waals surface area contributed by atoms with Gasteiger partial charge in [0.2, 0.25) is 15.9 Å². The van der Waals surface area contributed by atoms with Crippen molar-refractivity contribution < 1.29 is 17.9 Å². The molecule has 2 aromatic carbocycles. The maximum absolute atomic E-state index is 13.1. The second-order valence-electron chi connectivity index (χ2n) is 7.01. The average Bonchev–Trinajstić information content (AvgIpc) is 3.24. The summed E-state index contributed by atoms with van der Waals surface area (Å²) in [7, 11) is -3.68. The van der Waals surface area contributed by atoms with Gasteiger partial charge in [0.1, 0.15) is 21.7 Å². The summed E-state index contributed by atoms with van der Waals surface area (Å²) in [5, 5.41) is 2.91. The van der Waals surface area contributed by atoms with E-state index in [0.717, 1.165) is 17.5 Å². The van der Waals surface area contributed by atoms with Gasteiger partial charge in [-0.2, -0.15) is 13.1 Å². The number of fused-ring (bicyclic) bond motifs is 1. The van der Waals surface area contributed by atoms with Crippen molar-refractivity contribution in [3.63, 3.8) is 0 Å². The van der Waals surface area contributed by atoms with Crippen LogP contribution in [0.4, 0.5) is 5.69 Å². The molecule has 10 heteroatoms. The van der Waals surface area contributed by atoms with E-state index in [1.807, 2.05) is 19.1 Å². The summed E-state index contributed by atoms with van der Waals surface area (Å²) in [5.41, 5.74) is 1.67. The van der Waals surface area contributed by atoms with Gasteiger partial charge in [-0.05, 0) is 56.2 Å². The van der Waals surface area contributed by atoms with E-state index in [2.05, 4.69) is 14.1 Å². The highest BCUT2D eigenvalue weighted by molar-refractivity contribution is 7.89. The first kappa shape index (κ1) is 20.7. The molecule has 1 aromatic heterocycles. The minimum atomic E-state index is -3.68. The van der Waals surface area contributed by atoms with Crippen molar-refractivity contribution in [2.45, 2.75) is 24.7 Å². The maximum atomic E-state index is 13.1. The molecule has 3 aromatic rings. The lowest BCUT2D eigenvalue weighted by molar-refractivity contribution is -0.120. The standard InChI is InChI=1S/C20H22N4O4S2/c1-2-28-16-8-6-15(7-9-16)21-20(25)14-10-12-24(13-11-14)30(26,27)18-5-3-4-17-19(18)23-29-22-17/h3-9,14H,2,10-13H2,1H3,(H,21,25). The van der Waals surface area contributed by atoms with Crippen LogP contribution in [-0.2, 0) is 14.8 Å². The summed E-state index contributed by atoms with van der Waals surface area (Å²) in [6.07, 6.45) is 0.931. The molecule has 1 aliphatic rings. The summed E-state index contributed by atoms with van der Waals surface area (Å²) in [4.78, 5) is 12.8. The Bertz CT molecular complexity index is 1140. The number of carbonyl (C=O) groups is 1. The number of aromatic nitrogens is 2. The second-order valence-corrected chi connectivity index (χ2v) is 9.45. The predicted molar refractivity (Wildman–Crippen MR) is 115 cm³/mol. The lowest BCUT2D eigenvalue weighted by Crippen LogP contribution is -2.41. The smallest absolute Gasteiger partial charge is 0.245 e. The molecular weight excluding hydrogens is 424 g/mol. The lowest BCUT2D eigenvalue weighted by Gasteiger charge is -2.30. The maximum Gasteiger partial charge on any atom is 0.245 e. The van der Waals surface area contributed by atoms with Crippen LogP contribution < -0.4 is 10.1 Å². The topological polar surface area (TPSA) is 101 Å². The Morgan fingerprint density at radius 3 is 2.60 bits per heavy atom. The minimum Gasteiger partial charge on any atom is -0.494 e. The van der Waals surface area contributed by atoms with E-state index >= 15 is 0 Å². The highest BCUT2D eigenvalue weighted by atomic mass is 32.2. The summed E-state index contributed by atoms with van der Waals surface area (Å²) in [6, 6.07) is 12.2. The highest BCUT2D eigenvalue weighted by Crippen LogP contribution is 2.28. The number of benzene rings is 2. The van der Waals surface area contributed by atoms with Crippen LogP contribution in [0.5, 0.6) is 5.75 Å². The van der Waals surface area contributed by atoms with E-state index in [0.29, 0.717) is 36.2 Å². The number of piperidine rings is 1. The molecule has 0 unspecified atom stereocenters. The molecule has 0 aliphatic carbocycles. The molecule has 4 rings (SSSR count). The van der Waals surface area contributed by atoms with Gasteiger partial charge in [0, 0.05) is 24.7 Å². The van der Waals surface area contributed by atoms with E-state index in [4.69, 9.17) is 4.74 Å². The first-order valence-electron chi connectivity index (χ1n) is 9.74. The van der Waals surface area contributed by atoms with Gasteiger partial charge in [-0.3, -0.25) is 4.79 Å². The van der Waals surface area contributed by atoms with Gasteiger partial charge in [-0.1, -0.05) is 6.07 Å². The average molecular weight is 447 g/mol. The van der Waals surface area contributed by atoms with Crippen molar-refractivity contribution in [3.05, 3.63) is 42.5 Å². The van der Waals surface area contributed by atoms with E-state index in [9.17, 15) is 13.2 Å². The monoisotopic (exact) mass is 446 g/mol. The molecule has 8 nitrogen and oxygen atoms in total. The van der Waals surface area contributed by atoms with Crippen LogP contribution in [0.25, 0.3) is 11.0 Å². The molecule has 0 atom stereocenters. The summed E-state index contributed by atoms with van der Waals surface area (Å²) < 4.78 is 41.3. The number of rotatable bonds is 6. The number of nitrogens with zero attached hydrogens (tertiary/aromatic N) is 3. The minimum absolute atomic E-state index is 0.0954. The normalized spacial score (nSPS) is 15.9. The van der Waals surface area contributed by atoms with Crippen molar-refractivity contribution in [2.24, 2.45) is 5.92 Å². The summed E-state index contributed by atoms with van der Waals surface area (Å²) in [5.74, 6) is 0.418. The van der Waals surface area contributed by atoms with Crippen LogP contribution in [-0.4, -0.2) is 47.1 Å². The van der Waals surface area contributed by atoms with Gasteiger partial charge in [0.25, 0.3) is 0 Å². The fourth-order valence-corrected chi connectivity index (χ4v) is 5.75. The molecule has 158 valence electrons. The van der Waals surface area contributed by atoms with Crippen molar-refractivity contribution in [3.8, 4) is 5.75 Å². The van der Waals surface area contributed by atoms with Crippen molar-refractivity contribution >= 4 is 44.4 Å². The molecule has 0 saturated carbocycles. The van der Waals surface area contributed by atoms with Crippen LogP contribution in [0.2, 0.25) is 0 Å². The van der Waals surface area contributed by atoms with Crippen LogP contribution in [0, 0.1) is 5.92 Å². The van der Waals surface area contributed by atoms with E-state index in [-0.39, 0.29) is 29.8 Å². The molecular formula is C20H22N4O4S2. The zero-order valence-corrected chi connectivity index (χ0v) is 18.1. The number of hydrogen-bond acceptors (Lipinski definition) is 7. The van der Waals surface area contributed by atoms with E-state index < -0.39 is 10.0 Å². The van der Waals surface area contributed by atoms with Crippen molar-refractivity contribution in [1.82, 2.24) is 13.1 Å². The zero-order chi connectivity index (χ0) is 21.1. The molecule has 30 heavy (non-hydrogen) atoms. The molecule has 2 heterocycles. The van der Waals surface area contributed by atoms with Crippen LogP contribution in [0.15, 0.2) is 47.4 Å². The number of hydrogen-bond donors (Lipinski definition) is 1. The molecule has 1 saturated heterocycles. The Kier molecular flexibility index (Phi) is 5.98. The van der Waals surface area contributed by atoms with Gasteiger partial charge in [0.15, 0.2) is 0 Å². The van der Waals surface area contributed by atoms with Gasteiger partial charge in [-0.15, -0.1) is 0 Å². The Morgan fingerprint density at radius 1 is 1.17 bits per heavy atom.